The summed E-state index contributed by atoms with van der Waals surface area (Å²) in [6, 6.07) is 5.76. The molecule has 1 N–H and O–H groups in total. The summed E-state index contributed by atoms with van der Waals surface area (Å²) in [5, 5.41) is 2.06. The van der Waals surface area contributed by atoms with Crippen molar-refractivity contribution in [3.8, 4) is 5.75 Å². The first-order valence-corrected chi connectivity index (χ1v) is 8.17. The van der Waals surface area contributed by atoms with Crippen molar-refractivity contribution in [3.63, 3.8) is 0 Å². The average molecular weight is 415 g/mol. The van der Waals surface area contributed by atoms with E-state index < -0.39 is 23.6 Å². The second kappa shape index (κ2) is 8.43. The Hall–Kier alpha value is -2.87. The molecule has 0 atom stereocenters. The fourth-order valence-corrected chi connectivity index (χ4v) is 2.59. The zero-order valence-corrected chi connectivity index (χ0v) is 15.6. The Kier molecular flexibility index (Phi) is 6.45. The number of methoxy groups -OCH3 is 1. The summed E-state index contributed by atoms with van der Waals surface area (Å²) in [4.78, 5) is 15.9. The maximum atomic E-state index is 13.7. The molecule has 0 spiro atoms. The molecule has 0 aromatic heterocycles. The van der Waals surface area contributed by atoms with Gasteiger partial charge in [-0.15, -0.1) is 0 Å². The Morgan fingerprint density at radius 3 is 2.32 bits per heavy atom. The van der Waals surface area contributed by atoms with E-state index in [1.54, 1.807) is 0 Å². The number of hydrogen-bond acceptors (Lipinski definition) is 2. The van der Waals surface area contributed by atoms with Gasteiger partial charge in [-0.2, -0.15) is 18.2 Å². The molecule has 0 saturated carbocycles. The monoisotopic (exact) mass is 414 g/mol. The largest absolute Gasteiger partial charge is 0.496 e. The zero-order chi connectivity index (χ0) is 21.1. The summed E-state index contributed by atoms with van der Waals surface area (Å²) in [6.45, 7) is 5.10. The predicted molar refractivity (Wildman–Crippen MR) is 99.2 cm³/mol. The van der Waals surface area contributed by atoms with Crippen LogP contribution in [0.5, 0.6) is 5.75 Å². The molecule has 2 aromatic carbocycles. The molecule has 0 fully saturated rings. The molecule has 2 rings (SSSR count). The van der Waals surface area contributed by atoms with Crippen LogP contribution in [0.25, 0.3) is 5.70 Å². The van der Waals surface area contributed by atoms with Gasteiger partial charge >= 0.3 is 12.2 Å². The van der Waals surface area contributed by atoms with E-state index in [1.165, 1.54) is 32.2 Å². The van der Waals surface area contributed by atoms with E-state index in [9.17, 15) is 22.4 Å². The standard InChI is InChI=1S/C19H15ClF4N2O2/c1-10(12-4-6-13(7-5-12)19(22,23)24)25-18(27)26-11(2)16-15(28-3)9-8-14(21)17(16)20/h4-9H,2H2,1,3H3,(H,26,27)/b25-10+. The molecule has 0 bridgehead atoms. The quantitative estimate of drug-likeness (QED) is 0.515. The highest BCUT2D eigenvalue weighted by atomic mass is 35.5. The Morgan fingerprint density at radius 2 is 1.79 bits per heavy atom. The first kappa shape index (κ1) is 21.4. The highest BCUT2D eigenvalue weighted by Gasteiger charge is 2.30. The van der Waals surface area contributed by atoms with Crippen LogP contribution in [-0.4, -0.2) is 18.9 Å². The number of nitrogens with one attached hydrogen (secondary N) is 1. The van der Waals surface area contributed by atoms with Gasteiger partial charge in [0.15, 0.2) is 0 Å². The van der Waals surface area contributed by atoms with Crippen molar-refractivity contribution in [1.82, 2.24) is 5.32 Å². The highest BCUT2D eigenvalue weighted by molar-refractivity contribution is 6.32. The van der Waals surface area contributed by atoms with Crippen LogP contribution in [0.2, 0.25) is 5.02 Å². The number of carbonyl (C=O) groups is 1. The van der Waals surface area contributed by atoms with E-state index in [0.717, 1.165) is 18.2 Å². The first-order valence-electron chi connectivity index (χ1n) is 7.79. The van der Waals surface area contributed by atoms with Gasteiger partial charge in [0, 0.05) is 5.70 Å². The molecular formula is C19H15ClF4N2O2. The lowest BCUT2D eigenvalue weighted by Crippen LogP contribution is -2.19. The van der Waals surface area contributed by atoms with Gasteiger partial charge in [-0.1, -0.05) is 30.3 Å². The van der Waals surface area contributed by atoms with E-state index in [1.807, 2.05) is 0 Å². The van der Waals surface area contributed by atoms with Crippen LogP contribution in [0, 0.1) is 5.82 Å². The van der Waals surface area contributed by atoms with Crippen LogP contribution in [0.15, 0.2) is 48.0 Å². The Balaban J connectivity index is 2.19. The molecule has 0 radical (unpaired) electrons. The van der Waals surface area contributed by atoms with Crippen molar-refractivity contribution >= 4 is 29.0 Å². The fourth-order valence-electron chi connectivity index (χ4n) is 2.32. The SMILES string of the molecule is C=C(NC(=O)/N=C(\C)c1ccc(C(F)(F)F)cc1)c1c(OC)ccc(F)c1Cl. The molecule has 9 heteroatoms. The van der Waals surface area contributed by atoms with E-state index in [0.29, 0.717) is 5.56 Å². The molecule has 148 valence electrons. The van der Waals surface area contributed by atoms with Gasteiger partial charge < -0.3 is 10.1 Å². The minimum atomic E-state index is -4.46. The van der Waals surface area contributed by atoms with Crippen LogP contribution >= 0.6 is 11.6 Å². The zero-order valence-electron chi connectivity index (χ0n) is 14.8. The molecule has 0 saturated heterocycles. The number of rotatable bonds is 4. The summed E-state index contributed by atoms with van der Waals surface area (Å²) in [7, 11) is 1.34. The van der Waals surface area contributed by atoms with Gasteiger partial charge in [-0.05, 0) is 36.8 Å². The van der Waals surface area contributed by atoms with Gasteiger partial charge in [-0.3, -0.25) is 0 Å². The van der Waals surface area contributed by atoms with Crippen molar-refractivity contribution < 1.29 is 27.1 Å². The maximum Gasteiger partial charge on any atom is 0.416 e. The second-order valence-corrected chi connectivity index (χ2v) is 6.00. The van der Waals surface area contributed by atoms with Crippen molar-refractivity contribution in [2.24, 2.45) is 4.99 Å². The summed E-state index contributed by atoms with van der Waals surface area (Å²) >= 11 is 5.91. The van der Waals surface area contributed by atoms with E-state index in [-0.39, 0.29) is 27.7 Å². The normalized spacial score (nSPS) is 11.9. The van der Waals surface area contributed by atoms with Gasteiger partial charge in [0.05, 0.1) is 29.0 Å². The van der Waals surface area contributed by atoms with Crippen LogP contribution in [0.1, 0.15) is 23.6 Å². The lowest BCUT2D eigenvalue weighted by Gasteiger charge is -2.13. The number of amides is 2. The van der Waals surface area contributed by atoms with Crippen LogP contribution in [-0.2, 0) is 6.18 Å². The van der Waals surface area contributed by atoms with Crippen molar-refractivity contribution in [3.05, 3.63) is 70.5 Å². The summed E-state index contributed by atoms with van der Waals surface area (Å²) in [6.07, 6.45) is -4.46. The lowest BCUT2D eigenvalue weighted by atomic mass is 10.1. The van der Waals surface area contributed by atoms with E-state index in [2.05, 4.69) is 16.9 Å². The van der Waals surface area contributed by atoms with Gasteiger partial charge in [0.1, 0.15) is 11.6 Å². The molecular weight excluding hydrogens is 400 g/mol. The van der Waals surface area contributed by atoms with Gasteiger partial charge in [-0.25, -0.2) is 9.18 Å². The number of urea groups is 1. The number of halogens is 5. The molecule has 4 nitrogen and oxygen atoms in total. The fraction of sp³-hybridized carbons (Fsp3) is 0.158. The minimum Gasteiger partial charge on any atom is -0.496 e. The summed E-state index contributed by atoms with van der Waals surface area (Å²) in [5.74, 6) is -0.530. The van der Waals surface area contributed by atoms with Crippen LogP contribution < -0.4 is 10.1 Å². The van der Waals surface area contributed by atoms with Crippen LogP contribution in [0.4, 0.5) is 22.4 Å². The van der Waals surface area contributed by atoms with E-state index >= 15 is 0 Å². The van der Waals surface area contributed by atoms with Crippen LogP contribution in [0.3, 0.4) is 0 Å². The molecule has 0 aliphatic rings. The third-order valence-electron chi connectivity index (χ3n) is 3.74. The summed E-state index contributed by atoms with van der Waals surface area (Å²) in [5.41, 5.74) is -0.295. The predicted octanol–water partition coefficient (Wildman–Crippen LogP) is 5.70. The maximum absolute atomic E-state index is 13.7. The molecule has 0 aliphatic carbocycles. The van der Waals surface area contributed by atoms with E-state index in [4.69, 9.17) is 16.3 Å². The third-order valence-corrected chi connectivity index (χ3v) is 4.10. The number of benzene rings is 2. The third kappa shape index (κ3) is 4.89. The van der Waals surface area contributed by atoms with Crippen molar-refractivity contribution in [2.75, 3.05) is 7.11 Å². The Labute approximate surface area is 163 Å². The molecule has 28 heavy (non-hydrogen) atoms. The first-order chi connectivity index (χ1) is 13.0. The smallest absolute Gasteiger partial charge is 0.416 e. The molecule has 0 unspecified atom stereocenters. The molecule has 0 aliphatic heterocycles. The highest BCUT2D eigenvalue weighted by Crippen LogP contribution is 2.33. The molecule has 0 heterocycles. The minimum absolute atomic E-state index is 0.0460. The number of ether oxygens (including phenoxy) is 1. The number of carbonyl (C=O) groups excluding carboxylic acids is 1. The Morgan fingerprint density at radius 1 is 1.18 bits per heavy atom. The van der Waals surface area contributed by atoms with Gasteiger partial charge in [0.2, 0.25) is 0 Å². The van der Waals surface area contributed by atoms with Gasteiger partial charge in [0.25, 0.3) is 0 Å². The topological polar surface area (TPSA) is 50.7 Å². The number of hydrogen-bond donors (Lipinski definition) is 1. The number of aliphatic imine (C=N–C) groups is 1. The average Bonchev–Trinajstić information content (AvgIpc) is 2.62. The molecule has 2 aromatic rings. The number of alkyl halides is 3. The molecule has 2 amide bonds. The van der Waals surface area contributed by atoms with Crippen molar-refractivity contribution in [2.45, 2.75) is 13.1 Å². The summed E-state index contributed by atoms with van der Waals surface area (Å²) < 4.78 is 56.6. The Bertz CT molecular complexity index is 938. The van der Waals surface area contributed by atoms with Crippen molar-refractivity contribution in [1.29, 1.82) is 0 Å². The number of nitrogens with zero attached hydrogens (tertiary/aromatic N) is 1. The lowest BCUT2D eigenvalue weighted by molar-refractivity contribution is -0.137. The second-order valence-electron chi connectivity index (χ2n) is 5.62.